The van der Waals surface area contributed by atoms with Gasteiger partial charge in [-0.2, -0.15) is 0 Å². The van der Waals surface area contributed by atoms with Crippen molar-refractivity contribution < 1.29 is 19.0 Å². The number of ether oxygens (including phenoxy) is 1. The molecule has 2 N–H and O–H groups in total. The molecule has 30 heavy (non-hydrogen) atoms. The molecule has 1 aliphatic rings. The summed E-state index contributed by atoms with van der Waals surface area (Å²) < 4.78 is 19.3. The van der Waals surface area contributed by atoms with Crippen LogP contribution in [0.15, 0.2) is 60.7 Å². The van der Waals surface area contributed by atoms with E-state index in [1.807, 2.05) is 6.07 Å². The fraction of sp³-hybridized carbons (Fsp3) is 0.320. The minimum Gasteiger partial charge on any atom is -0.479 e. The Bertz CT molecular complexity index is 1050. The van der Waals surface area contributed by atoms with Crippen LogP contribution in [-0.2, 0) is 4.79 Å². The third kappa shape index (κ3) is 4.46. The van der Waals surface area contributed by atoms with E-state index in [1.165, 1.54) is 28.5 Å². The fourth-order valence-corrected chi connectivity index (χ4v) is 4.53. The molecule has 0 saturated heterocycles. The second-order valence-corrected chi connectivity index (χ2v) is 8.04. The molecule has 0 unspecified atom stereocenters. The molecule has 1 fully saturated rings. The molecular weight excluding hydrogens is 381 g/mol. The van der Waals surface area contributed by atoms with E-state index in [1.54, 1.807) is 0 Å². The van der Waals surface area contributed by atoms with Crippen molar-refractivity contribution >= 4 is 16.7 Å². The smallest absolute Gasteiger partial charge is 0.341 e. The van der Waals surface area contributed by atoms with Crippen molar-refractivity contribution in [2.75, 3.05) is 6.61 Å². The molecule has 0 amide bonds. The maximum absolute atomic E-state index is 14.3. The molecule has 0 heterocycles. The van der Waals surface area contributed by atoms with E-state index < -0.39 is 18.4 Å². The minimum absolute atomic E-state index is 0.0154. The lowest BCUT2D eigenvalue weighted by Gasteiger charge is -2.21. The van der Waals surface area contributed by atoms with Crippen LogP contribution in [0.4, 0.5) is 4.39 Å². The molecule has 4 rings (SSSR count). The molecule has 0 aromatic heterocycles. The molecule has 1 saturated carbocycles. The Hall–Kier alpha value is -2.92. The van der Waals surface area contributed by atoms with Crippen LogP contribution in [0.5, 0.6) is 5.75 Å². The third-order valence-corrected chi connectivity index (χ3v) is 5.99. The number of nitrogens with one attached hydrogen (secondary N) is 1. The van der Waals surface area contributed by atoms with Gasteiger partial charge in [0.25, 0.3) is 0 Å². The summed E-state index contributed by atoms with van der Waals surface area (Å²) in [6.45, 7) is 1.65. The maximum Gasteiger partial charge on any atom is 0.341 e. The number of benzene rings is 3. The Balaban J connectivity index is 1.41. The van der Waals surface area contributed by atoms with Gasteiger partial charge >= 0.3 is 5.97 Å². The summed E-state index contributed by atoms with van der Waals surface area (Å²) in [6.07, 6.45) is 2.98. The summed E-state index contributed by atoms with van der Waals surface area (Å²) in [6, 6.07) is 20.3. The van der Waals surface area contributed by atoms with Gasteiger partial charge in [0, 0.05) is 12.1 Å². The molecule has 0 bridgehead atoms. The van der Waals surface area contributed by atoms with Gasteiger partial charge in [-0.1, -0.05) is 48.5 Å². The Morgan fingerprint density at radius 1 is 1.17 bits per heavy atom. The van der Waals surface area contributed by atoms with Crippen LogP contribution in [0.1, 0.15) is 49.3 Å². The van der Waals surface area contributed by atoms with Gasteiger partial charge in [0.2, 0.25) is 0 Å². The Kier molecular flexibility index (Phi) is 6.00. The standard InChI is InChI=1S/C25H26FNO3/c1-16(21-8-4-6-17-5-2-3-7-22(17)21)27-20-11-9-18(13-20)19-10-12-24(23(26)14-19)30-15-25(28)29/h2-8,10,12,14,16,18,20,27H,9,11,13,15H2,1H3,(H,28,29)/t16-,18-,20+/m1/s1. The Labute approximate surface area is 175 Å². The first-order valence-corrected chi connectivity index (χ1v) is 10.4. The summed E-state index contributed by atoms with van der Waals surface area (Å²) in [4.78, 5) is 10.6. The molecule has 3 aromatic carbocycles. The summed E-state index contributed by atoms with van der Waals surface area (Å²) in [5.74, 6) is -1.36. The molecule has 0 radical (unpaired) electrons. The largest absolute Gasteiger partial charge is 0.479 e. The SMILES string of the molecule is C[C@@H](N[C@H]1CC[C@@H](c2ccc(OCC(=O)O)c(F)c2)C1)c1cccc2ccccc12. The molecule has 3 atom stereocenters. The average molecular weight is 407 g/mol. The average Bonchev–Trinajstić information content (AvgIpc) is 3.20. The third-order valence-electron chi connectivity index (χ3n) is 5.99. The highest BCUT2D eigenvalue weighted by molar-refractivity contribution is 5.86. The van der Waals surface area contributed by atoms with Gasteiger partial charge in [0.1, 0.15) is 0 Å². The van der Waals surface area contributed by atoms with Crippen molar-refractivity contribution in [1.82, 2.24) is 5.32 Å². The lowest BCUT2D eigenvalue weighted by molar-refractivity contribution is -0.139. The maximum atomic E-state index is 14.3. The molecular formula is C25H26FNO3. The van der Waals surface area contributed by atoms with Crippen molar-refractivity contribution in [3.8, 4) is 5.75 Å². The number of carbonyl (C=O) groups is 1. The minimum atomic E-state index is -1.12. The van der Waals surface area contributed by atoms with Gasteiger partial charge in [-0.05, 0) is 66.1 Å². The van der Waals surface area contributed by atoms with E-state index in [2.05, 4.69) is 54.7 Å². The summed E-state index contributed by atoms with van der Waals surface area (Å²) >= 11 is 0. The number of hydrogen-bond acceptors (Lipinski definition) is 3. The number of rotatable bonds is 7. The van der Waals surface area contributed by atoms with Crippen LogP contribution in [-0.4, -0.2) is 23.7 Å². The monoisotopic (exact) mass is 407 g/mol. The molecule has 1 aliphatic carbocycles. The molecule has 3 aromatic rings. The van der Waals surface area contributed by atoms with Crippen LogP contribution < -0.4 is 10.1 Å². The van der Waals surface area contributed by atoms with E-state index in [-0.39, 0.29) is 17.7 Å². The van der Waals surface area contributed by atoms with Gasteiger partial charge in [-0.3, -0.25) is 0 Å². The second kappa shape index (κ2) is 8.84. The van der Waals surface area contributed by atoms with E-state index >= 15 is 0 Å². The van der Waals surface area contributed by atoms with Crippen LogP contribution in [0.3, 0.4) is 0 Å². The van der Waals surface area contributed by atoms with Crippen molar-refractivity contribution in [3.05, 3.63) is 77.6 Å². The highest BCUT2D eigenvalue weighted by atomic mass is 19.1. The lowest BCUT2D eigenvalue weighted by atomic mass is 9.96. The lowest BCUT2D eigenvalue weighted by Crippen LogP contribution is -2.29. The van der Waals surface area contributed by atoms with Gasteiger partial charge in [0.05, 0.1) is 0 Å². The molecule has 0 spiro atoms. The zero-order valence-corrected chi connectivity index (χ0v) is 17.0. The number of carboxylic acid groups (broad SMARTS) is 1. The second-order valence-electron chi connectivity index (χ2n) is 8.04. The first-order chi connectivity index (χ1) is 14.5. The molecule has 0 aliphatic heterocycles. The van der Waals surface area contributed by atoms with Crippen LogP contribution in [0.2, 0.25) is 0 Å². The first-order valence-electron chi connectivity index (χ1n) is 10.4. The van der Waals surface area contributed by atoms with E-state index in [4.69, 9.17) is 9.84 Å². The molecule has 4 nitrogen and oxygen atoms in total. The predicted molar refractivity (Wildman–Crippen MR) is 115 cm³/mol. The summed E-state index contributed by atoms with van der Waals surface area (Å²) in [7, 11) is 0. The zero-order valence-electron chi connectivity index (χ0n) is 17.0. The van der Waals surface area contributed by atoms with Crippen molar-refractivity contribution in [2.24, 2.45) is 0 Å². The normalized spacial score (nSPS) is 19.7. The Morgan fingerprint density at radius 3 is 2.77 bits per heavy atom. The van der Waals surface area contributed by atoms with Gasteiger partial charge in [0.15, 0.2) is 18.2 Å². The highest BCUT2D eigenvalue weighted by Gasteiger charge is 2.28. The van der Waals surface area contributed by atoms with Gasteiger partial charge in [-0.15, -0.1) is 0 Å². The van der Waals surface area contributed by atoms with Crippen LogP contribution in [0, 0.1) is 5.82 Å². The fourth-order valence-electron chi connectivity index (χ4n) is 4.53. The Morgan fingerprint density at radius 2 is 1.97 bits per heavy atom. The van der Waals surface area contributed by atoms with Crippen molar-refractivity contribution in [2.45, 2.75) is 44.2 Å². The van der Waals surface area contributed by atoms with E-state index in [0.29, 0.717) is 6.04 Å². The van der Waals surface area contributed by atoms with Crippen molar-refractivity contribution in [1.29, 1.82) is 0 Å². The van der Waals surface area contributed by atoms with Crippen molar-refractivity contribution in [3.63, 3.8) is 0 Å². The van der Waals surface area contributed by atoms with E-state index in [9.17, 15) is 9.18 Å². The number of carboxylic acids is 1. The molecule has 156 valence electrons. The zero-order chi connectivity index (χ0) is 21.1. The number of fused-ring (bicyclic) bond motifs is 1. The quantitative estimate of drug-likeness (QED) is 0.548. The van der Waals surface area contributed by atoms with Crippen LogP contribution >= 0.6 is 0 Å². The van der Waals surface area contributed by atoms with Gasteiger partial charge < -0.3 is 15.2 Å². The number of aliphatic carboxylic acids is 1. The summed E-state index contributed by atoms with van der Waals surface area (Å²) in [5.41, 5.74) is 2.24. The first kappa shape index (κ1) is 20.4. The molecule has 5 heteroatoms. The topological polar surface area (TPSA) is 58.6 Å². The van der Waals surface area contributed by atoms with Gasteiger partial charge in [-0.25, -0.2) is 9.18 Å². The highest BCUT2D eigenvalue weighted by Crippen LogP contribution is 2.37. The van der Waals surface area contributed by atoms with Crippen LogP contribution in [0.25, 0.3) is 10.8 Å². The number of halogens is 1. The van der Waals surface area contributed by atoms with E-state index in [0.717, 1.165) is 24.8 Å². The summed E-state index contributed by atoms with van der Waals surface area (Å²) in [5, 5.41) is 15.0. The number of hydrogen-bond donors (Lipinski definition) is 2. The predicted octanol–water partition coefficient (Wildman–Crippen LogP) is 5.43.